The number of phenols is 1. The molecule has 0 spiro atoms. The number of hydrogen-bond acceptors (Lipinski definition) is 5. The summed E-state index contributed by atoms with van der Waals surface area (Å²) >= 11 is 5.47. The van der Waals surface area contributed by atoms with Crippen molar-refractivity contribution in [3.63, 3.8) is 0 Å². The van der Waals surface area contributed by atoms with Crippen LogP contribution in [0.2, 0.25) is 0 Å². The Morgan fingerprint density at radius 2 is 1.76 bits per heavy atom. The normalized spacial score (nSPS) is 12.1. The Balaban J connectivity index is 1.96. The highest BCUT2D eigenvalue weighted by molar-refractivity contribution is 7.80. The van der Waals surface area contributed by atoms with E-state index in [0.717, 1.165) is 12.0 Å². The Kier molecular flexibility index (Phi) is 10.2. The molecular formula is C27H38N2O4S. The first-order valence-electron chi connectivity index (χ1n) is 11.7. The highest BCUT2D eigenvalue weighted by atomic mass is 32.1. The number of carbonyl (C=O) groups is 1. The monoisotopic (exact) mass is 486 g/mol. The van der Waals surface area contributed by atoms with Gasteiger partial charge in [-0.3, -0.25) is 4.79 Å². The maximum Gasteiger partial charge on any atom is 0.311 e. The van der Waals surface area contributed by atoms with Gasteiger partial charge in [0.1, 0.15) is 0 Å². The molecule has 0 amide bonds. The summed E-state index contributed by atoms with van der Waals surface area (Å²) in [6.07, 6.45) is 0.768. The molecule has 1 atom stereocenters. The second-order valence-electron chi connectivity index (χ2n) is 9.64. The van der Waals surface area contributed by atoms with E-state index >= 15 is 0 Å². The predicted molar refractivity (Wildman–Crippen MR) is 140 cm³/mol. The van der Waals surface area contributed by atoms with Crippen LogP contribution in [-0.4, -0.2) is 35.9 Å². The van der Waals surface area contributed by atoms with Crippen molar-refractivity contribution in [1.82, 2.24) is 10.6 Å². The van der Waals surface area contributed by atoms with Crippen LogP contribution >= 0.6 is 12.2 Å². The molecule has 7 heteroatoms. The van der Waals surface area contributed by atoms with Crippen LogP contribution in [-0.2, 0) is 22.5 Å². The number of phenolic OH excluding ortho intramolecular Hbond substituents is 1. The minimum Gasteiger partial charge on any atom is -0.504 e. The molecule has 0 aliphatic rings. The summed E-state index contributed by atoms with van der Waals surface area (Å²) in [4.78, 5) is 12.3. The Labute approximate surface area is 209 Å². The smallest absolute Gasteiger partial charge is 0.311 e. The molecule has 0 bridgehead atoms. The van der Waals surface area contributed by atoms with Gasteiger partial charge < -0.3 is 25.2 Å². The van der Waals surface area contributed by atoms with Crippen molar-refractivity contribution >= 4 is 23.3 Å². The van der Waals surface area contributed by atoms with Crippen LogP contribution in [0.15, 0.2) is 36.4 Å². The number of benzene rings is 2. The third-order valence-electron chi connectivity index (χ3n) is 5.49. The van der Waals surface area contributed by atoms with Crippen LogP contribution in [0.1, 0.15) is 49.9 Å². The van der Waals surface area contributed by atoms with Gasteiger partial charge in [-0.05, 0) is 94.6 Å². The first-order chi connectivity index (χ1) is 16.0. The topological polar surface area (TPSA) is 79.8 Å². The molecule has 0 aliphatic carbocycles. The second kappa shape index (κ2) is 12.6. The van der Waals surface area contributed by atoms with E-state index in [4.69, 9.17) is 21.7 Å². The molecule has 2 aromatic carbocycles. The zero-order valence-electron chi connectivity index (χ0n) is 21.2. The molecule has 1 unspecified atom stereocenters. The summed E-state index contributed by atoms with van der Waals surface area (Å²) in [5, 5.41) is 16.8. The van der Waals surface area contributed by atoms with E-state index in [-0.39, 0.29) is 17.6 Å². The molecule has 34 heavy (non-hydrogen) atoms. The predicted octanol–water partition coefficient (Wildman–Crippen LogP) is 4.82. The van der Waals surface area contributed by atoms with Gasteiger partial charge in [-0.2, -0.15) is 0 Å². The summed E-state index contributed by atoms with van der Waals surface area (Å²) in [5.74, 6) is 0.419. The molecule has 6 nitrogen and oxygen atoms in total. The summed E-state index contributed by atoms with van der Waals surface area (Å²) < 4.78 is 11.1. The maximum absolute atomic E-state index is 12.3. The quantitative estimate of drug-likeness (QED) is 0.328. The fraction of sp³-hybridized carbons (Fsp3) is 0.481. The van der Waals surface area contributed by atoms with Gasteiger partial charge in [-0.1, -0.05) is 24.3 Å². The maximum atomic E-state index is 12.3. The van der Waals surface area contributed by atoms with E-state index in [1.807, 2.05) is 33.8 Å². The van der Waals surface area contributed by atoms with Crippen molar-refractivity contribution < 1.29 is 19.4 Å². The molecule has 2 rings (SSSR count). The van der Waals surface area contributed by atoms with E-state index in [2.05, 4.69) is 42.7 Å². The zero-order valence-corrected chi connectivity index (χ0v) is 22.0. The first kappa shape index (κ1) is 27.4. The number of nitrogens with one attached hydrogen (secondary N) is 2. The van der Waals surface area contributed by atoms with Crippen LogP contribution in [0.5, 0.6) is 11.5 Å². The summed E-state index contributed by atoms with van der Waals surface area (Å²) in [6.45, 7) is 13.5. The molecule has 0 radical (unpaired) electrons. The molecule has 0 heterocycles. The minimum atomic E-state index is -0.542. The van der Waals surface area contributed by atoms with E-state index in [1.165, 1.54) is 16.7 Å². The van der Waals surface area contributed by atoms with Gasteiger partial charge in [0.05, 0.1) is 18.6 Å². The van der Waals surface area contributed by atoms with Crippen molar-refractivity contribution in [1.29, 1.82) is 0 Å². The van der Waals surface area contributed by atoms with E-state index < -0.39 is 5.41 Å². The van der Waals surface area contributed by atoms with Gasteiger partial charge >= 0.3 is 5.97 Å². The average Bonchev–Trinajstić information content (AvgIpc) is 2.77. The Bertz CT molecular complexity index is 985. The fourth-order valence-corrected chi connectivity index (χ4v) is 3.44. The third kappa shape index (κ3) is 8.86. The number of esters is 1. The van der Waals surface area contributed by atoms with Crippen molar-refractivity contribution in [3.8, 4) is 11.5 Å². The number of hydrogen-bond donors (Lipinski definition) is 3. The van der Waals surface area contributed by atoms with Crippen LogP contribution in [0.4, 0.5) is 0 Å². The fourth-order valence-electron chi connectivity index (χ4n) is 3.29. The first-order valence-corrected chi connectivity index (χ1v) is 12.1. The largest absolute Gasteiger partial charge is 0.504 e. The van der Waals surface area contributed by atoms with Gasteiger partial charge in [0, 0.05) is 19.0 Å². The van der Waals surface area contributed by atoms with Crippen LogP contribution in [0, 0.1) is 25.2 Å². The number of aryl methyl sites for hydroxylation is 2. The van der Waals surface area contributed by atoms with Gasteiger partial charge in [0.25, 0.3) is 0 Å². The van der Waals surface area contributed by atoms with Crippen LogP contribution in [0.25, 0.3) is 0 Å². The van der Waals surface area contributed by atoms with Gasteiger partial charge in [-0.25, -0.2) is 0 Å². The van der Waals surface area contributed by atoms with Crippen LogP contribution < -0.4 is 15.4 Å². The molecule has 0 fully saturated rings. The number of carbonyl (C=O) groups excluding carboxylic acids is 1. The second-order valence-corrected chi connectivity index (χ2v) is 10.0. The molecule has 0 saturated carbocycles. The third-order valence-corrected chi connectivity index (χ3v) is 5.78. The summed E-state index contributed by atoms with van der Waals surface area (Å²) in [6, 6.07) is 11.7. The van der Waals surface area contributed by atoms with E-state index in [9.17, 15) is 9.90 Å². The lowest BCUT2D eigenvalue weighted by Gasteiger charge is -2.22. The molecule has 186 valence electrons. The standard InChI is InChI=1S/C27H38N2O4S/c1-7-32-24-14-21(10-11-23(24)30)15-28-26(34)29-16-22(17-33-25(31)27(4,5)6)13-20-9-8-18(2)19(3)12-20/h8-12,14,22,30H,7,13,15-17H2,1-6H3,(H2,28,29,34). The number of rotatable bonds is 10. The molecule has 3 N–H and O–H groups in total. The Hall–Kier alpha value is -2.80. The molecule has 0 aromatic heterocycles. The highest BCUT2D eigenvalue weighted by Gasteiger charge is 2.24. The molecule has 0 aliphatic heterocycles. The lowest BCUT2D eigenvalue weighted by molar-refractivity contribution is -0.154. The van der Waals surface area contributed by atoms with Gasteiger partial charge in [-0.15, -0.1) is 0 Å². The Morgan fingerprint density at radius 1 is 1.06 bits per heavy atom. The number of ether oxygens (including phenoxy) is 2. The van der Waals surface area contributed by atoms with Crippen LogP contribution in [0.3, 0.4) is 0 Å². The average molecular weight is 487 g/mol. The van der Waals surface area contributed by atoms with E-state index in [0.29, 0.717) is 37.2 Å². The van der Waals surface area contributed by atoms with Crippen molar-refractivity contribution in [2.45, 2.75) is 54.5 Å². The molecular weight excluding hydrogens is 448 g/mol. The molecule has 2 aromatic rings. The summed E-state index contributed by atoms with van der Waals surface area (Å²) in [7, 11) is 0. The van der Waals surface area contributed by atoms with Gasteiger partial charge in [0.2, 0.25) is 0 Å². The van der Waals surface area contributed by atoms with Crippen molar-refractivity contribution in [3.05, 3.63) is 58.7 Å². The lowest BCUT2D eigenvalue weighted by Crippen LogP contribution is -2.39. The SMILES string of the molecule is CCOc1cc(CNC(=S)NCC(COC(=O)C(C)(C)C)Cc2ccc(C)c(C)c2)ccc1O. The highest BCUT2D eigenvalue weighted by Crippen LogP contribution is 2.26. The van der Waals surface area contributed by atoms with E-state index in [1.54, 1.807) is 12.1 Å². The Morgan fingerprint density at radius 3 is 2.41 bits per heavy atom. The van der Waals surface area contributed by atoms with Gasteiger partial charge in [0.15, 0.2) is 16.6 Å². The lowest BCUT2D eigenvalue weighted by atomic mass is 9.96. The molecule has 0 saturated heterocycles. The van der Waals surface area contributed by atoms with Crippen molar-refractivity contribution in [2.75, 3.05) is 19.8 Å². The minimum absolute atomic E-state index is 0.0615. The van der Waals surface area contributed by atoms with Crippen molar-refractivity contribution in [2.24, 2.45) is 11.3 Å². The summed E-state index contributed by atoms with van der Waals surface area (Å²) in [5.41, 5.74) is 4.10. The zero-order chi connectivity index (χ0) is 25.3. The number of aromatic hydroxyl groups is 1. The number of thiocarbonyl (C=S) groups is 1.